The quantitative estimate of drug-likeness (QED) is 0.405. The molecule has 1 aliphatic carbocycles. The molecule has 0 radical (unpaired) electrons. The number of nitrogens with zero attached hydrogens (tertiary/aromatic N) is 1. The molecule has 4 nitrogen and oxygen atoms in total. The monoisotopic (exact) mass is 450 g/mol. The molecule has 1 aliphatic rings. The van der Waals surface area contributed by atoms with E-state index in [4.69, 9.17) is 5.41 Å². The molecule has 1 amide bonds. The van der Waals surface area contributed by atoms with Gasteiger partial charge in [-0.15, -0.1) is 0 Å². The van der Waals surface area contributed by atoms with Gasteiger partial charge in [0.15, 0.2) is 5.60 Å². The summed E-state index contributed by atoms with van der Waals surface area (Å²) in [5.74, 6) is 0.254. The fourth-order valence-corrected chi connectivity index (χ4v) is 4.03. The van der Waals surface area contributed by atoms with Crippen molar-refractivity contribution in [2.45, 2.75) is 70.2 Å². The minimum absolute atomic E-state index is 0.0461. The highest BCUT2D eigenvalue weighted by Crippen LogP contribution is 2.38. The summed E-state index contributed by atoms with van der Waals surface area (Å²) in [5.41, 5.74) is -3.00. The van der Waals surface area contributed by atoms with Gasteiger partial charge in [-0.2, -0.15) is 13.2 Å². The maximum absolute atomic E-state index is 13.2. The van der Waals surface area contributed by atoms with Crippen LogP contribution in [0.15, 0.2) is 48.6 Å². The number of rotatable bonds is 11. The number of alkyl halides is 3. The van der Waals surface area contributed by atoms with Gasteiger partial charge in [0.05, 0.1) is 0 Å². The zero-order valence-corrected chi connectivity index (χ0v) is 18.7. The van der Waals surface area contributed by atoms with Crippen molar-refractivity contribution in [3.8, 4) is 0 Å². The van der Waals surface area contributed by atoms with Gasteiger partial charge >= 0.3 is 6.18 Å². The number of allylic oxidation sites excluding steroid dienone is 4. The normalized spacial score (nSPS) is 18.8. The standard InChI is InChI=1S/C25H33F3N2O2/c1-3-30(22(13-8-18-29)12-7-11-19-9-5-4-6-10-19)23(31)20-14-16-21(17-15-20)24(2,32)25(26,27)28/h4-6,9,14-19,22,29,32H,3,7-8,10-13H2,1-2H3/t19?,22-,24+/m1/s1. The fourth-order valence-electron chi connectivity index (χ4n) is 4.03. The number of aliphatic hydroxyl groups is 1. The summed E-state index contributed by atoms with van der Waals surface area (Å²) in [4.78, 5) is 14.9. The summed E-state index contributed by atoms with van der Waals surface area (Å²) in [6.45, 7) is 3.05. The molecule has 3 atom stereocenters. The van der Waals surface area contributed by atoms with Crippen molar-refractivity contribution < 1.29 is 23.1 Å². The Bertz CT molecular complexity index is 813. The Labute approximate surface area is 188 Å². The molecule has 0 heterocycles. The second-order valence-corrected chi connectivity index (χ2v) is 8.41. The van der Waals surface area contributed by atoms with Gasteiger partial charge in [0.1, 0.15) is 0 Å². The first-order valence-corrected chi connectivity index (χ1v) is 11.1. The first-order valence-electron chi connectivity index (χ1n) is 11.1. The van der Waals surface area contributed by atoms with Crippen LogP contribution >= 0.6 is 0 Å². The van der Waals surface area contributed by atoms with E-state index in [9.17, 15) is 23.1 Å². The van der Waals surface area contributed by atoms with Crippen LogP contribution in [-0.2, 0) is 5.60 Å². The molecular formula is C25H33F3N2O2. The molecule has 2 rings (SSSR count). The van der Waals surface area contributed by atoms with Crippen LogP contribution in [0.3, 0.4) is 0 Å². The predicted octanol–water partition coefficient (Wildman–Crippen LogP) is 6.02. The maximum Gasteiger partial charge on any atom is 0.421 e. The molecule has 0 saturated heterocycles. The lowest BCUT2D eigenvalue weighted by molar-refractivity contribution is -0.258. The van der Waals surface area contributed by atoms with Crippen LogP contribution in [0.2, 0.25) is 0 Å². The first kappa shape index (κ1) is 25.8. The minimum Gasteiger partial charge on any atom is -0.376 e. The predicted molar refractivity (Wildman–Crippen MR) is 121 cm³/mol. The number of benzene rings is 1. The molecule has 1 aromatic rings. The Morgan fingerprint density at radius 3 is 2.47 bits per heavy atom. The van der Waals surface area contributed by atoms with Gasteiger partial charge < -0.3 is 15.4 Å². The lowest BCUT2D eigenvalue weighted by atomic mass is 9.92. The zero-order chi connectivity index (χ0) is 23.8. The van der Waals surface area contributed by atoms with Crippen molar-refractivity contribution in [2.24, 2.45) is 5.92 Å². The average Bonchev–Trinajstić information content (AvgIpc) is 2.77. The molecule has 32 heavy (non-hydrogen) atoms. The van der Waals surface area contributed by atoms with Crippen LogP contribution < -0.4 is 0 Å². The van der Waals surface area contributed by atoms with E-state index in [0.29, 0.717) is 32.2 Å². The van der Waals surface area contributed by atoms with Crippen LogP contribution in [0.25, 0.3) is 0 Å². The van der Waals surface area contributed by atoms with Crippen LogP contribution in [0.5, 0.6) is 0 Å². The number of hydrogen-bond acceptors (Lipinski definition) is 3. The van der Waals surface area contributed by atoms with E-state index in [2.05, 4.69) is 18.2 Å². The van der Waals surface area contributed by atoms with E-state index in [1.807, 2.05) is 13.0 Å². The van der Waals surface area contributed by atoms with Gasteiger partial charge in [-0.1, -0.05) is 42.9 Å². The molecule has 0 spiro atoms. The van der Waals surface area contributed by atoms with Crippen molar-refractivity contribution in [1.82, 2.24) is 4.90 Å². The second kappa shape index (κ2) is 11.5. The van der Waals surface area contributed by atoms with Crippen LogP contribution in [0.1, 0.15) is 68.3 Å². The lowest BCUT2D eigenvalue weighted by Gasteiger charge is -2.32. The summed E-state index contributed by atoms with van der Waals surface area (Å²) in [7, 11) is 0. The van der Waals surface area contributed by atoms with Gasteiger partial charge in [0.25, 0.3) is 5.91 Å². The minimum atomic E-state index is -4.81. The number of amides is 1. The van der Waals surface area contributed by atoms with E-state index in [1.54, 1.807) is 4.90 Å². The Hall–Kier alpha value is -2.41. The first-order chi connectivity index (χ1) is 15.1. The number of nitrogens with one attached hydrogen (secondary N) is 1. The molecule has 0 fully saturated rings. The van der Waals surface area contributed by atoms with E-state index in [-0.39, 0.29) is 23.1 Å². The van der Waals surface area contributed by atoms with Gasteiger partial charge in [0.2, 0.25) is 0 Å². The molecule has 0 aromatic heterocycles. The maximum atomic E-state index is 13.2. The third kappa shape index (κ3) is 6.55. The van der Waals surface area contributed by atoms with Crippen molar-refractivity contribution >= 4 is 12.1 Å². The SMILES string of the molecule is CCN(C(=O)c1ccc([C@](C)(O)C(F)(F)F)cc1)[C@@H](CCC=N)CCCC1C=CC=CC1. The third-order valence-electron chi connectivity index (χ3n) is 6.11. The third-order valence-corrected chi connectivity index (χ3v) is 6.11. The number of hydrogen-bond donors (Lipinski definition) is 2. The van der Waals surface area contributed by atoms with E-state index in [0.717, 1.165) is 37.8 Å². The van der Waals surface area contributed by atoms with Crippen molar-refractivity contribution in [2.75, 3.05) is 6.54 Å². The highest BCUT2D eigenvalue weighted by molar-refractivity contribution is 5.94. The highest BCUT2D eigenvalue weighted by atomic mass is 19.4. The van der Waals surface area contributed by atoms with E-state index in [1.165, 1.54) is 18.3 Å². The summed E-state index contributed by atoms with van der Waals surface area (Å²) in [5, 5.41) is 17.2. The number of halogens is 3. The topological polar surface area (TPSA) is 64.4 Å². The number of carbonyl (C=O) groups is 1. The van der Waals surface area contributed by atoms with Crippen LogP contribution in [-0.4, -0.2) is 40.9 Å². The molecule has 176 valence electrons. The molecule has 1 aromatic carbocycles. The molecule has 0 saturated carbocycles. The molecule has 0 bridgehead atoms. The summed E-state index contributed by atoms with van der Waals surface area (Å²) >= 11 is 0. The molecular weight excluding hydrogens is 417 g/mol. The van der Waals surface area contributed by atoms with Crippen LogP contribution in [0.4, 0.5) is 13.2 Å². The molecule has 2 N–H and O–H groups in total. The Morgan fingerprint density at radius 2 is 1.94 bits per heavy atom. The fraction of sp³-hybridized carbons (Fsp3) is 0.520. The second-order valence-electron chi connectivity index (χ2n) is 8.41. The van der Waals surface area contributed by atoms with Gasteiger partial charge in [-0.3, -0.25) is 4.79 Å². The van der Waals surface area contributed by atoms with Crippen LogP contribution in [0, 0.1) is 11.3 Å². The number of carbonyl (C=O) groups excluding carboxylic acids is 1. The molecule has 1 unspecified atom stereocenters. The zero-order valence-electron chi connectivity index (χ0n) is 18.7. The van der Waals surface area contributed by atoms with E-state index >= 15 is 0 Å². The molecule has 0 aliphatic heterocycles. The Morgan fingerprint density at radius 1 is 1.25 bits per heavy atom. The summed E-state index contributed by atoms with van der Waals surface area (Å²) in [6, 6.07) is 4.95. The highest BCUT2D eigenvalue weighted by Gasteiger charge is 2.51. The smallest absolute Gasteiger partial charge is 0.376 e. The Balaban J connectivity index is 2.11. The van der Waals surface area contributed by atoms with Gasteiger partial charge in [-0.05, 0) is 75.8 Å². The van der Waals surface area contributed by atoms with Crippen molar-refractivity contribution in [3.63, 3.8) is 0 Å². The van der Waals surface area contributed by atoms with Gasteiger partial charge in [-0.25, -0.2) is 0 Å². The van der Waals surface area contributed by atoms with Crippen molar-refractivity contribution in [1.29, 1.82) is 5.41 Å². The largest absolute Gasteiger partial charge is 0.421 e. The summed E-state index contributed by atoms with van der Waals surface area (Å²) < 4.78 is 39.3. The van der Waals surface area contributed by atoms with Gasteiger partial charge in [0, 0.05) is 18.2 Å². The average molecular weight is 451 g/mol. The lowest BCUT2D eigenvalue weighted by Crippen LogP contribution is -2.41. The van der Waals surface area contributed by atoms with E-state index < -0.39 is 11.8 Å². The van der Waals surface area contributed by atoms with Crippen molar-refractivity contribution in [3.05, 3.63) is 59.7 Å². The Kier molecular flexibility index (Phi) is 9.25. The molecule has 7 heteroatoms. The summed E-state index contributed by atoms with van der Waals surface area (Å²) in [6.07, 6.45) is 10.0.